The van der Waals surface area contributed by atoms with Crippen molar-refractivity contribution in [1.29, 1.82) is 0 Å². The first kappa shape index (κ1) is 16.2. The van der Waals surface area contributed by atoms with E-state index in [4.69, 9.17) is 4.55 Å². The zero-order chi connectivity index (χ0) is 14.3. The number of rotatable bonds is 4. The van der Waals surface area contributed by atoms with Gasteiger partial charge in [-0.1, -0.05) is 0 Å². The van der Waals surface area contributed by atoms with E-state index >= 15 is 0 Å². The van der Waals surface area contributed by atoms with Crippen molar-refractivity contribution < 1.29 is 36.4 Å². The number of ether oxygens (including phenoxy) is 1. The van der Waals surface area contributed by atoms with E-state index < -0.39 is 32.5 Å². The first-order valence-electron chi connectivity index (χ1n) is 4.43. The van der Waals surface area contributed by atoms with Crippen LogP contribution in [0.5, 0.6) is 0 Å². The summed E-state index contributed by atoms with van der Waals surface area (Å²) in [5.41, 5.74) is -3.45. The predicted octanol–water partition coefficient (Wildman–Crippen LogP) is 0.560. The third kappa shape index (κ3) is 3.33. The van der Waals surface area contributed by atoms with Gasteiger partial charge in [-0.15, -0.1) is 0 Å². The van der Waals surface area contributed by atoms with Crippen molar-refractivity contribution in [3.8, 4) is 0 Å². The Morgan fingerprint density at radius 1 is 1.18 bits per heavy atom. The molecule has 0 bridgehead atoms. The van der Waals surface area contributed by atoms with Crippen LogP contribution in [0.1, 0.15) is 27.7 Å². The van der Waals surface area contributed by atoms with Crippen molar-refractivity contribution >= 4 is 16.1 Å². The van der Waals surface area contributed by atoms with Gasteiger partial charge in [0.25, 0.3) is 0 Å². The number of hydrogen-bond donors (Lipinski definition) is 2. The highest BCUT2D eigenvalue weighted by molar-refractivity contribution is 7.87. The molecule has 0 aliphatic carbocycles. The van der Waals surface area contributed by atoms with Gasteiger partial charge in [0, 0.05) is 0 Å². The van der Waals surface area contributed by atoms with Crippen LogP contribution in [-0.4, -0.2) is 40.5 Å². The smallest absolute Gasteiger partial charge is 0.451 e. The fourth-order valence-corrected chi connectivity index (χ4v) is 0.774. The van der Waals surface area contributed by atoms with Crippen LogP contribution in [-0.2, 0) is 19.6 Å². The van der Waals surface area contributed by atoms with E-state index in [0.717, 1.165) is 13.8 Å². The van der Waals surface area contributed by atoms with Gasteiger partial charge in [0.05, 0.1) is 5.60 Å². The molecule has 0 aromatic carbocycles. The molecule has 0 spiro atoms. The van der Waals surface area contributed by atoms with Crippen molar-refractivity contribution in [3.05, 3.63) is 0 Å². The molecule has 0 amide bonds. The monoisotopic (exact) mass is 276 g/mol. The Labute approximate surface area is 97.3 Å². The molecule has 9 heteroatoms. The summed E-state index contributed by atoms with van der Waals surface area (Å²) in [6.07, 6.45) is 0. The average Bonchev–Trinajstić information content (AvgIpc) is 1.98. The SMILES string of the molecule is CC(C)(O)C(C)(C)OC(=O)C(F)(F)S(=O)(=O)O. The highest BCUT2D eigenvalue weighted by Crippen LogP contribution is 2.30. The lowest BCUT2D eigenvalue weighted by Gasteiger charge is -2.36. The number of esters is 1. The summed E-state index contributed by atoms with van der Waals surface area (Å²) in [5.74, 6) is -2.45. The Bertz CT molecular complexity index is 406. The molecule has 0 unspecified atom stereocenters. The summed E-state index contributed by atoms with van der Waals surface area (Å²) in [7, 11) is -5.91. The standard InChI is InChI=1S/C8H14F2O6S/c1-6(2,12)7(3,4)16-5(11)8(9,10)17(13,14)15/h12H,1-4H3,(H,13,14,15). The normalized spacial score (nSPS) is 14.6. The van der Waals surface area contributed by atoms with E-state index in [-0.39, 0.29) is 0 Å². The molecule has 0 aliphatic heterocycles. The number of carbonyl (C=O) groups is 1. The van der Waals surface area contributed by atoms with Crippen LogP contribution < -0.4 is 0 Å². The van der Waals surface area contributed by atoms with Crippen molar-refractivity contribution in [1.82, 2.24) is 0 Å². The van der Waals surface area contributed by atoms with Gasteiger partial charge in [0.2, 0.25) is 0 Å². The maximum Gasteiger partial charge on any atom is 0.465 e. The fourth-order valence-electron chi connectivity index (χ4n) is 0.521. The third-order valence-corrected chi connectivity index (χ3v) is 3.20. The molecule has 0 atom stereocenters. The second kappa shape index (κ2) is 4.14. The second-order valence-electron chi connectivity index (χ2n) is 4.45. The van der Waals surface area contributed by atoms with Crippen molar-refractivity contribution in [3.63, 3.8) is 0 Å². The molecule has 0 rings (SSSR count). The van der Waals surface area contributed by atoms with Crippen LogP contribution in [0.4, 0.5) is 8.78 Å². The minimum atomic E-state index is -5.91. The number of alkyl halides is 2. The molecule has 0 fully saturated rings. The lowest BCUT2D eigenvalue weighted by molar-refractivity contribution is -0.196. The van der Waals surface area contributed by atoms with E-state index in [0.29, 0.717) is 0 Å². The highest BCUT2D eigenvalue weighted by atomic mass is 32.2. The molecule has 0 heterocycles. The summed E-state index contributed by atoms with van der Waals surface area (Å²) in [6, 6.07) is 0. The van der Waals surface area contributed by atoms with E-state index in [9.17, 15) is 27.1 Å². The summed E-state index contributed by atoms with van der Waals surface area (Å²) in [6.45, 7) is 4.60. The number of carbonyl (C=O) groups excluding carboxylic acids is 1. The zero-order valence-corrected chi connectivity index (χ0v) is 10.5. The molecule has 102 valence electrons. The van der Waals surface area contributed by atoms with Gasteiger partial charge in [0.15, 0.2) is 0 Å². The molecule has 6 nitrogen and oxygen atoms in total. The van der Waals surface area contributed by atoms with Crippen LogP contribution in [0, 0.1) is 0 Å². The first-order chi connectivity index (χ1) is 7.13. The van der Waals surface area contributed by atoms with Crippen LogP contribution in [0.3, 0.4) is 0 Å². The highest BCUT2D eigenvalue weighted by Gasteiger charge is 2.56. The van der Waals surface area contributed by atoms with Gasteiger partial charge in [-0.25, -0.2) is 4.79 Å². The summed E-state index contributed by atoms with van der Waals surface area (Å²) < 4.78 is 58.6. The largest absolute Gasteiger partial charge is 0.465 e. The number of halogens is 2. The van der Waals surface area contributed by atoms with Crippen molar-refractivity contribution in [2.75, 3.05) is 0 Å². The summed E-state index contributed by atoms with van der Waals surface area (Å²) in [4.78, 5) is 11.0. The average molecular weight is 276 g/mol. The van der Waals surface area contributed by atoms with Crippen molar-refractivity contribution in [2.45, 2.75) is 44.2 Å². The van der Waals surface area contributed by atoms with Gasteiger partial charge in [-0.3, -0.25) is 4.55 Å². The topological polar surface area (TPSA) is 101 Å². The van der Waals surface area contributed by atoms with Gasteiger partial charge in [0.1, 0.15) is 5.60 Å². The van der Waals surface area contributed by atoms with Crippen molar-refractivity contribution in [2.24, 2.45) is 0 Å². The summed E-state index contributed by atoms with van der Waals surface area (Å²) >= 11 is 0. The Hall–Kier alpha value is -0.800. The lowest BCUT2D eigenvalue weighted by atomic mass is 9.89. The Kier molecular flexibility index (Phi) is 3.95. The molecule has 0 saturated carbocycles. The number of hydrogen-bond acceptors (Lipinski definition) is 5. The molecule has 2 N–H and O–H groups in total. The number of aliphatic hydroxyl groups is 1. The quantitative estimate of drug-likeness (QED) is 0.574. The minimum Gasteiger partial charge on any atom is -0.451 e. The van der Waals surface area contributed by atoms with Crippen LogP contribution in [0.2, 0.25) is 0 Å². The molecular formula is C8H14F2O6S. The molecule has 0 saturated heterocycles. The molecule has 17 heavy (non-hydrogen) atoms. The Balaban J connectivity index is 5.16. The minimum absolute atomic E-state index is 1.12. The zero-order valence-electron chi connectivity index (χ0n) is 9.69. The second-order valence-corrected chi connectivity index (χ2v) is 5.91. The van der Waals surface area contributed by atoms with Gasteiger partial charge in [-0.2, -0.15) is 17.2 Å². The van der Waals surface area contributed by atoms with Crippen LogP contribution in [0.25, 0.3) is 0 Å². The fraction of sp³-hybridized carbons (Fsp3) is 0.875. The first-order valence-corrected chi connectivity index (χ1v) is 5.87. The van der Waals surface area contributed by atoms with E-state index in [1.54, 1.807) is 0 Å². The van der Waals surface area contributed by atoms with Gasteiger partial charge in [-0.05, 0) is 27.7 Å². The molecule has 0 aliphatic rings. The molecule has 0 radical (unpaired) electrons. The van der Waals surface area contributed by atoms with E-state index in [1.807, 2.05) is 0 Å². The molecule has 0 aromatic heterocycles. The molecular weight excluding hydrogens is 262 g/mol. The van der Waals surface area contributed by atoms with Crippen LogP contribution in [0.15, 0.2) is 0 Å². The van der Waals surface area contributed by atoms with Gasteiger partial charge >= 0.3 is 21.3 Å². The van der Waals surface area contributed by atoms with Crippen LogP contribution >= 0.6 is 0 Å². The maximum atomic E-state index is 12.8. The van der Waals surface area contributed by atoms with Gasteiger partial charge < -0.3 is 9.84 Å². The lowest BCUT2D eigenvalue weighted by Crippen LogP contribution is -2.52. The predicted molar refractivity (Wildman–Crippen MR) is 53.0 cm³/mol. The van der Waals surface area contributed by atoms with E-state index in [1.165, 1.54) is 13.8 Å². The third-order valence-electron chi connectivity index (χ3n) is 2.38. The molecule has 0 aromatic rings. The summed E-state index contributed by atoms with van der Waals surface area (Å²) in [5, 5.41) is 4.45. The Morgan fingerprint density at radius 2 is 1.53 bits per heavy atom. The Morgan fingerprint density at radius 3 is 1.76 bits per heavy atom. The van der Waals surface area contributed by atoms with E-state index in [2.05, 4.69) is 4.74 Å². The maximum absolute atomic E-state index is 12.8.